The van der Waals surface area contributed by atoms with Gasteiger partial charge in [-0.1, -0.05) is 13.8 Å². The van der Waals surface area contributed by atoms with E-state index in [4.69, 9.17) is 5.11 Å². The highest BCUT2D eigenvalue weighted by Gasteiger charge is 2.14. The Morgan fingerprint density at radius 3 is 2.67 bits per heavy atom. The van der Waals surface area contributed by atoms with Gasteiger partial charge < -0.3 is 15.3 Å². The number of carbonyl (C=O) groups excluding carboxylic acids is 2. The fourth-order valence-corrected chi connectivity index (χ4v) is 2.09. The van der Waals surface area contributed by atoms with Crippen LogP contribution in [-0.4, -0.2) is 46.4 Å². The zero-order valence-electron chi connectivity index (χ0n) is 12.3. The molecule has 0 spiro atoms. The third-order valence-corrected chi connectivity index (χ3v) is 3.53. The van der Waals surface area contributed by atoms with Crippen molar-refractivity contribution in [2.45, 2.75) is 26.7 Å². The summed E-state index contributed by atoms with van der Waals surface area (Å²) in [5.41, 5.74) is 0.561. The third-order valence-electron chi connectivity index (χ3n) is 2.73. The molecule has 0 atom stereocenters. The van der Waals surface area contributed by atoms with E-state index < -0.39 is 5.97 Å². The van der Waals surface area contributed by atoms with Gasteiger partial charge in [0.1, 0.15) is 0 Å². The van der Waals surface area contributed by atoms with E-state index in [9.17, 15) is 14.4 Å². The van der Waals surface area contributed by atoms with Crippen molar-refractivity contribution in [1.82, 2.24) is 9.88 Å². The van der Waals surface area contributed by atoms with Gasteiger partial charge in [0.15, 0.2) is 5.13 Å². The van der Waals surface area contributed by atoms with Crippen molar-refractivity contribution in [1.29, 1.82) is 0 Å². The van der Waals surface area contributed by atoms with Crippen molar-refractivity contribution >= 4 is 34.3 Å². The van der Waals surface area contributed by atoms with Crippen LogP contribution in [0.1, 0.15) is 26.0 Å². The van der Waals surface area contributed by atoms with Crippen LogP contribution >= 0.6 is 11.3 Å². The maximum atomic E-state index is 11.9. The zero-order valence-corrected chi connectivity index (χ0v) is 13.1. The van der Waals surface area contributed by atoms with E-state index in [2.05, 4.69) is 10.3 Å². The number of nitrogens with zero attached hydrogens (tertiary/aromatic N) is 2. The Kier molecular flexibility index (Phi) is 6.29. The Bertz CT molecular complexity index is 527. The summed E-state index contributed by atoms with van der Waals surface area (Å²) in [7, 11) is 1.55. The number of hydrogen-bond donors (Lipinski definition) is 2. The Morgan fingerprint density at radius 1 is 1.43 bits per heavy atom. The summed E-state index contributed by atoms with van der Waals surface area (Å²) in [5, 5.41) is 13.4. The summed E-state index contributed by atoms with van der Waals surface area (Å²) >= 11 is 1.26. The summed E-state index contributed by atoms with van der Waals surface area (Å²) in [5.74, 6) is -1.41. The molecule has 1 heterocycles. The lowest BCUT2D eigenvalue weighted by atomic mass is 10.2. The molecule has 0 aliphatic carbocycles. The quantitative estimate of drug-likeness (QED) is 0.788. The summed E-state index contributed by atoms with van der Waals surface area (Å²) in [6.45, 7) is 3.73. The number of likely N-dealkylation sites (N-methyl/N-ethyl adjacent to an activating group) is 1. The van der Waals surface area contributed by atoms with Crippen LogP contribution in [0.3, 0.4) is 0 Å². The lowest BCUT2D eigenvalue weighted by molar-refractivity contribution is -0.138. The monoisotopic (exact) mass is 313 g/mol. The van der Waals surface area contributed by atoms with Gasteiger partial charge in [-0.2, -0.15) is 0 Å². The minimum Gasteiger partial charge on any atom is -0.481 e. The van der Waals surface area contributed by atoms with Crippen molar-refractivity contribution in [3.63, 3.8) is 0 Å². The van der Waals surface area contributed by atoms with Crippen molar-refractivity contribution < 1.29 is 19.5 Å². The van der Waals surface area contributed by atoms with Crippen LogP contribution in [0.25, 0.3) is 0 Å². The molecule has 0 bridgehead atoms. The second kappa shape index (κ2) is 7.72. The van der Waals surface area contributed by atoms with Crippen LogP contribution in [-0.2, 0) is 20.8 Å². The first-order valence-electron chi connectivity index (χ1n) is 6.50. The lowest BCUT2D eigenvalue weighted by Crippen LogP contribution is -2.30. The first-order valence-corrected chi connectivity index (χ1v) is 7.38. The number of thiazole rings is 1. The minimum absolute atomic E-state index is 0.0875. The van der Waals surface area contributed by atoms with Crippen molar-refractivity contribution in [2.75, 3.05) is 18.9 Å². The van der Waals surface area contributed by atoms with Gasteiger partial charge in [-0.3, -0.25) is 14.4 Å². The van der Waals surface area contributed by atoms with Gasteiger partial charge in [-0.25, -0.2) is 4.98 Å². The van der Waals surface area contributed by atoms with Crippen LogP contribution in [0.15, 0.2) is 5.38 Å². The van der Waals surface area contributed by atoms with E-state index in [-0.39, 0.29) is 37.1 Å². The standard InChI is InChI=1S/C13H19N3O4S/c1-8(2)12(20)15-13-14-9(7-21-13)6-10(17)16(3)5-4-11(18)19/h7-8H,4-6H2,1-3H3,(H,18,19)(H,14,15,20). The van der Waals surface area contributed by atoms with E-state index in [1.807, 2.05) is 0 Å². The molecule has 0 fully saturated rings. The van der Waals surface area contributed by atoms with Crippen LogP contribution < -0.4 is 5.32 Å². The molecule has 2 N–H and O–H groups in total. The van der Waals surface area contributed by atoms with Crippen LogP contribution in [0.2, 0.25) is 0 Å². The van der Waals surface area contributed by atoms with Crippen molar-refractivity contribution in [2.24, 2.45) is 5.92 Å². The Hall–Kier alpha value is -1.96. The zero-order chi connectivity index (χ0) is 16.0. The van der Waals surface area contributed by atoms with Gasteiger partial charge >= 0.3 is 5.97 Å². The minimum atomic E-state index is -0.943. The van der Waals surface area contributed by atoms with E-state index in [1.54, 1.807) is 26.3 Å². The normalized spacial score (nSPS) is 10.5. The van der Waals surface area contributed by atoms with Gasteiger partial charge in [0.2, 0.25) is 11.8 Å². The molecule has 7 nitrogen and oxygen atoms in total. The number of aliphatic carboxylic acids is 1. The summed E-state index contributed by atoms with van der Waals surface area (Å²) < 4.78 is 0. The summed E-state index contributed by atoms with van der Waals surface area (Å²) in [4.78, 5) is 39.4. The molecule has 21 heavy (non-hydrogen) atoms. The van der Waals surface area contributed by atoms with E-state index in [0.717, 1.165) is 0 Å². The SMILES string of the molecule is CC(C)C(=O)Nc1nc(CC(=O)N(C)CCC(=O)O)cs1. The summed E-state index contributed by atoms with van der Waals surface area (Å²) in [6.07, 6.45) is -0.000824. The molecule has 0 aromatic carbocycles. The molecule has 0 saturated heterocycles. The molecule has 1 rings (SSSR count). The van der Waals surface area contributed by atoms with Gasteiger partial charge in [0, 0.05) is 24.9 Å². The Labute approximate surface area is 127 Å². The molecule has 0 radical (unpaired) electrons. The summed E-state index contributed by atoms with van der Waals surface area (Å²) in [6, 6.07) is 0. The Balaban J connectivity index is 2.52. The molecule has 0 unspecified atom stereocenters. The van der Waals surface area contributed by atoms with Gasteiger partial charge in [0.25, 0.3) is 0 Å². The second-order valence-electron chi connectivity index (χ2n) is 4.92. The average Bonchev–Trinajstić information content (AvgIpc) is 2.82. The lowest BCUT2D eigenvalue weighted by Gasteiger charge is -2.15. The topological polar surface area (TPSA) is 99.6 Å². The number of nitrogens with one attached hydrogen (secondary N) is 1. The number of anilines is 1. The number of hydrogen-bond acceptors (Lipinski definition) is 5. The van der Waals surface area contributed by atoms with E-state index in [1.165, 1.54) is 16.2 Å². The second-order valence-corrected chi connectivity index (χ2v) is 5.78. The molecule has 0 saturated carbocycles. The number of carboxylic acids is 1. The first kappa shape index (κ1) is 17.1. The fourth-order valence-electron chi connectivity index (χ4n) is 1.37. The predicted octanol–water partition coefficient (Wildman–Crippen LogP) is 1.21. The molecule has 116 valence electrons. The van der Waals surface area contributed by atoms with Crippen molar-refractivity contribution in [3.05, 3.63) is 11.1 Å². The molecule has 1 aromatic rings. The van der Waals surface area contributed by atoms with E-state index >= 15 is 0 Å². The third kappa shape index (κ3) is 5.90. The number of amides is 2. The number of carboxylic acid groups (broad SMARTS) is 1. The molecule has 0 aliphatic heterocycles. The smallest absolute Gasteiger partial charge is 0.305 e. The van der Waals surface area contributed by atoms with Gasteiger partial charge in [0.05, 0.1) is 18.5 Å². The van der Waals surface area contributed by atoms with E-state index in [0.29, 0.717) is 10.8 Å². The maximum absolute atomic E-state index is 11.9. The highest BCUT2D eigenvalue weighted by molar-refractivity contribution is 7.13. The van der Waals surface area contributed by atoms with Crippen LogP contribution in [0.4, 0.5) is 5.13 Å². The van der Waals surface area contributed by atoms with Crippen molar-refractivity contribution in [3.8, 4) is 0 Å². The van der Waals surface area contributed by atoms with Gasteiger partial charge in [-0.15, -0.1) is 11.3 Å². The number of carbonyl (C=O) groups is 3. The highest BCUT2D eigenvalue weighted by atomic mass is 32.1. The molecule has 1 aromatic heterocycles. The average molecular weight is 313 g/mol. The maximum Gasteiger partial charge on any atom is 0.305 e. The predicted molar refractivity (Wildman–Crippen MR) is 79.2 cm³/mol. The molecule has 2 amide bonds. The Morgan fingerprint density at radius 2 is 2.10 bits per heavy atom. The molecule has 8 heteroatoms. The van der Waals surface area contributed by atoms with Crippen LogP contribution in [0.5, 0.6) is 0 Å². The molecular weight excluding hydrogens is 294 g/mol. The number of rotatable bonds is 7. The molecular formula is C13H19N3O4S. The highest BCUT2D eigenvalue weighted by Crippen LogP contribution is 2.17. The largest absolute Gasteiger partial charge is 0.481 e. The van der Waals surface area contributed by atoms with Crippen LogP contribution in [0, 0.1) is 5.92 Å². The number of aromatic nitrogens is 1. The first-order chi connectivity index (χ1) is 9.79. The van der Waals surface area contributed by atoms with Gasteiger partial charge in [-0.05, 0) is 0 Å². The fraction of sp³-hybridized carbons (Fsp3) is 0.538. The molecule has 0 aliphatic rings.